The SMILES string of the molecule is NCCCCCCNC(=O)Cc1cn([C@H]2C[C@H](O)[C@@H](CO)O2)c(=O)nc1N. The second-order valence-electron chi connectivity index (χ2n) is 6.69. The number of nitrogens with zero attached hydrogens (tertiary/aromatic N) is 2. The van der Waals surface area contributed by atoms with E-state index in [0.717, 1.165) is 25.7 Å². The molecule has 1 saturated heterocycles. The maximum absolute atomic E-state index is 12.1. The fourth-order valence-corrected chi connectivity index (χ4v) is 3.00. The van der Waals surface area contributed by atoms with Crippen molar-refractivity contribution < 1.29 is 19.7 Å². The van der Waals surface area contributed by atoms with Crippen LogP contribution in [0.1, 0.15) is 43.9 Å². The van der Waals surface area contributed by atoms with Crippen molar-refractivity contribution >= 4 is 11.7 Å². The van der Waals surface area contributed by atoms with Crippen LogP contribution in [0.4, 0.5) is 5.82 Å². The summed E-state index contributed by atoms with van der Waals surface area (Å²) < 4.78 is 6.67. The highest BCUT2D eigenvalue weighted by Gasteiger charge is 2.35. The van der Waals surface area contributed by atoms with Gasteiger partial charge in [-0.15, -0.1) is 0 Å². The molecule has 2 rings (SSSR count). The summed E-state index contributed by atoms with van der Waals surface area (Å²) in [5, 5.41) is 21.8. The third-order valence-corrected chi connectivity index (χ3v) is 4.56. The van der Waals surface area contributed by atoms with Gasteiger partial charge >= 0.3 is 5.69 Å². The summed E-state index contributed by atoms with van der Waals surface area (Å²) in [4.78, 5) is 28.0. The molecular formula is C17H29N5O5. The van der Waals surface area contributed by atoms with Gasteiger partial charge < -0.3 is 31.7 Å². The monoisotopic (exact) mass is 383 g/mol. The molecular weight excluding hydrogens is 354 g/mol. The molecule has 1 aliphatic heterocycles. The van der Waals surface area contributed by atoms with E-state index in [-0.39, 0.29) is 31.2 Å². The number of anilines is 1. The first-order valence-electron chi connectivity index (χ1n) is 9.25. The smallest absolute Gasteiger partial charge is 0.351 e. The van der Waals surface area contributed by atoms with Crippen LogP contribution in [0.3, 0.4) is 0 Å². The number of hydrogen-bond acceptors (Lipinski definition) is 8. The van der Waals surface area contributed by atoms with E-state index in [1.807, 2.05) is 0 Å². The minimum atomic E-state index is -0.879. The van der Waals surface area contributed by atoms with Crippen LogP contribution in [0.25, 0.3) is 0 Å². The Morgan fingerprint density at radius 3 is 2.78 bits per heavy atom. The predicted molar refractivity (Wildman–Crippen MR) is 98.8 cm³/mol. The topological polar surface area (TPSA) is 166 Å². The quantitative estimate of drug-likeness (QED) is 0.309. The van der Waals surface area contributed by atoms with Crippen LogP contribution in [0.15, 0.2) is 11.0 Å². The van der Waals surface area contributed by atoms with Crippen LogP contribution in [0.2, 0.25) is 0 Å². The molecule has 10 heteroatoms. The Balaban J connectivity index is 1.95. The second kappa shape index (κ2) is 10.4. The third-order valence-electron chi connectivity index (χ3n) is 4.56. The number of carbonyl (C=O) groups is 1. The van der Waals surface area contributed by atoms with Gasteiger partial charge in [0.25, 0.3) is 0 Å². The summed E-state index contributed by atoms with van der Waals surface area (Å²) >= 11 is 0. The molecule has 0 unspecified atom stereocenters. The van der Waals surface area contributed by atoms with Gasteiger partial charge in [-0.25, -0.2) is 4.79 Å². The minimum Gasteiger partial charge on any atom is -0.394 e. The molecule has 1 amide bonds. The van der Waals surface area contributed by atoms with E-state index in [9.17, 15) is 19.8 Å². The van der Waals surface area contributed by atoms with Crippen LogP contribution < -0.4 is 22.5 Å². The first kappa shape index (κ1) is 21.3. The number of ether oxygens (including phenoxy) is 1. The average molecular weight is 383 g/mol. The number of hydrogen-bond donors (Lipinski definition) is 5. The first-order chi connectivity index (χ1) is 13.0. The largest absolute Gasteiger partial charge is 0.394 e. The number of nitrogens with two attached hydrogens (primary N) is 2. The normalized spacial score (nSPS) is 22.1. The van der Waals surface area contributed by atoms with Crippen LogP contribution in [0, 0.1) is 0 Å². The highest BCUT2D eigenvalue weighted by molar-refractivity contribution is 5.79. The van der Waals surface area contributed by atoms with Crippen molar-refractivity contribution in [3.05, 3.63) is 22.2 Å². The highest BCUT2D eigenvalue weighted by atomic mass is 16.5. The lowest BCUT2D eigenvalue weighted by Gasteiger charge is -2.16. The van der Waals surface area contributed by atoms with E-state index in [1.165, 1.54) is 10.8 Å². The minimum absolute atomic E-state index is 0.00778. The van der Waals surface area contributed by atoms with Gasteiger partial charge in [-0.1, -0.05) is 12.8 Å². The van der Waals surface area contributed by atoms with Crippen molar-refractivity contribution in [1.29, 1.82) is 0 Å². The fraction of sp³-hybridized carbons (Fsp3) is 0.706. The number of rotatable bonds is 10. The second-order valence-corrected chi connectivity index (χ2v) is 6.69. The first-order valence-corrected chi connectivity index (χ1v) is 9.25. The van der Waals surface area contributed by atoms with E-state index in [4.69, 9.17) is 16.2 Å². The number of carbonyl (C=O) groups excluding carboxylic acids is 1. The van der Waals surface area contributed by atoms with Gasteiger partial charge in [0.05, 0.1) is 19.1 Å². The van der Waals surface area contributed by atoms with Crippen LogP contribution >= 0.6 is 0 Å². The van der Waals surface area contributed by atoms with E-state index >= 15 is 0 Å². The maximum Gasteiger partial charge on any atom is 0.351 e. The Labute approximate surface area is 157 Å². The van der Waals surface area contributed by atoms with E-state index in [1.54, 1.807) is 0 Å². The number of unbranched alkanes of at least 4 members (excludes halogenated alkanes) is 3. The predicted octanol–water partition coefficient (Wildman–Crippen LogP) is -1.36. The zero-order valence-electron chi connectivity index (χ0n) is 15.3. The average Bonchev–Trinajstić information content (AvgIpc) is 3.01. The molecule has 1 aromatic rings. The molecule has 0 radical (unpaired) electrons. The van der Waals surface area contributed by atoms with Crippen molar-refractivity contribution in [1.82, 2.24) is 14.9 Å². The molecule has 2 heterocycles. The summed E-state index contributed by atoms with van der Waals surface area (Å²) in [7, 11) is 0. The van der Waals surface area contributed by atoms with Crippen molar-refractivity contribution in [3.8, 4) is 0 Å². The van der Waals surface area contributed by atoms with Crippen molar-refractivity contribution in [2.45, 2.75) is 57.0 Å². The number of nitrogens with one attached hydrogen (secondary N) is 1. The Kier molecular flexibility index (Phi) is 8.17. The summed E-state index contributed by atoms with van der Waals surface area (Å²) in [6, 6.07) is 0. The van der Waals surface area contributed by atoms with Crippen molar-refractivity contribution in [2.75, 3.05) is 25.4 Å². The molecule has 10 nitrogen and oxygen atoms in total. The molecule has 27 heavy (non-hydrogen) atoms. The Morgan fingerprint density at radius 1 is 1.37 bits per heavy atom. The summed E-state index contributed by atoms with van der Waals surface area (Å²) in [6.45, 7) is 0.886. The standard InChI is InChI=1S/C17H29N5O5/c18-5-3-1-2-4-6-20-14(25)7-11-9-22(17(26)21-16(11)19)15-8-12(24)13(10-23)27-15/h9,12-13,15,23-24H,1-8,10,18H2,(H,20,25)(H2,19,21,26)/t12-,13+,15+/m0/s1. The van der Waals surface area contributed by atoms with Gasteiger partial charge in [-0.05, 0) is 19.4 Å². The van der Waals surface area contributed by atoms with Crippen molar-refractivity contribution in [3.63, 3.8) is 0 Å². The van der Waals surface area contributed by atoms with Crippen molar-refractivity contribution in [2.24, 2.45) is 5.73 Å². The molecule has 1 fully saturated rings. The molecule has 0 aliphatic carbocycles. The van der Waals surface area contributed by atoms with Gasteiger partial charge in [0.1, 0.15) is 18.1 Å². The zero-order valence-corrected chi connectivity index (χ0v) is 15.3. The van der Waals surface area contributed by atoms with Gasteiger partial charge in [0.2, 0.25) is 5.91 Å². The number of amides is 1. The van der Waals surface area contributed by atoms with E-state index in [2.05, 4.69) is 10.3 Å². The molecule has 0 spiro atoms. The Hall–Kier alpha value is -2.01. The Bertz CT molecular complexity index is 680. The third kappa shape index (κ3) is 5.99. The number of aliphatic hydroxyl groups excluding tert-OH is 2. The molecule has 1 aromatic heterocycles. The lowest BCUT2D eigenvalue weighted by Crippen LogP contribution is -2.31. The highest BCUT2D eigenvalue weighted by Crippen LogP contribution is 2.27. The van der Waals surface area contributed by atoms with Gasteiger partial charge in [0, 0.05) is 24.7 Å². The molecule has 7 N–H and O–H groups in total. The van der Waals surface area contributed by atoms with Gasteiger partial charge in [-0.3, -0.25) is 9.36 Å². The van der Waals surface area contributed by atoms with Crippen LogP contribution in [-0.4, -0.2) is 57.6 Å². The number of nitrogen functional groups attached to an aromatic ring is 1. The van der Waals surface area contributed by atoms with Gasteiger partial charge in [-0.2, -0.15) is 4.98 Å². The van der Waals surface area contributed by atoms with E-state index < -0.39 is 24.1 Å². The zero-order chi connectivity index (χ0) is 19.8. The number of aromatic nitrogens is 2. The molecule has 152 valence electrons. The molecule has 0 aromatic carbocycles. The van der Waals surface area contributed by atoms with Crippen LogP contribution in [-0.2, 0) is 16.0 Å². The summed E-state index contributed by atoms with van der Waals surface area (Å²) in [5.74, 6) is -0.222. The summed E-state index contributed by atoms with van der Waals surface area (Å²) in [6.07, 6.45) is 3.05. The number of aliphatic hydroxyl groups is 2. The molecule has 1 aliphatic rings. The van der Waals surface area contributed by atoms with Gasteiger partial charge in [0.15, 0.2) is 0 Å². The van der Waals surface area contributed by atoms with Crippen LogP contribution in [0.5, 0.6) is 0 Å². The van der Waals surface area contributed by atoms with E-state index in [0.29, 0.717) is 18.7 Å². The molecule has 0 bridgehead atoms. The Morgan fingerprint density at radius 2 is 2.11 bits per heavy atom. The lowest BCUT2D eigenvalue weighted by molar-refractivity contribution is -0.120. The molecule has 0 saturated carbocycles. The molecule has 3 atom stereocenters. The fourth-order valence-electron chi connectivity index (χ4n) is 3.00. The maximum atomic E-state index is 12.1. The summed E-state index contributed by atoms with van der Waals surface area (Å²) in [5.41, 5.74) is 11.0. The lowest BCUT2D eigenvalue weighted by atomic mass is 10.1.